The molecule has 5 rings (SSSR count). The fraction of sp³-hybridized carbons (Fsp3) is 0.429. The van der Waals surface area contributed by atoms with Crippen molar-refractivity contribution in [2.24, 2.45) is 0 Å². The highest BCUT2D eigenvalue weighted by Gasteiger charge is 2.50. The van der Waals surface area contributed by atoms with Gasteiger partial charge in [0.15, 0.2) is 0 Å². The Bertz CT molecular complexity index is 1160. The van der Waals surface area contributed by atoms with E-state index >= 15 is 0 Å². The summed E-state index contributed by atoms with van der Waals surface area (Å²) in [4.78, 5) is 29.8. The minimum Gasteiger partial charge on any atom is -0.351 e. The molecule has 172 valence electrons. The molecule has 1 aromatic heterocycles. The summed E-state index contributed by atoms with van der Waals surface area (Å²) >= 11 is 0. The summed E-state index contributed by atoms with van der Waals surface area (Å²) in [6.45, 7) is 4.41. The fourth-order valence-corrected chi connectivity index (χ4v) is 5.72. The zero-order valence-electron chi connectivity index (χ0n) is 19.6. The third kappa shape index (κ3) is 3.84. The number of hydrogen-bond donors (Lipinski definition) is 1. The van der Waals surface area contributed by atoms with Crippen molar-refractivity contribution in [2.75, 3.05) is 0 Å². The van der Waals surface area contributed by atoms with E-state index in [4.69, 9.17) is 0 Å². The van der Waals surface area contributed by atoms with Crippen molar-refractivity contribution >= 4 is 22.7 Å². The van der Waals surface area contributed by atoms with Crippen LogP contribution < -0.4 is 5.32 Å². The molecule has 1 aliphatic carbocycles. The van der Waals surface area contributed by atoms with Gasteiger partial charge < -0.3 is 14.8 Å². The molecule has 0 radical (unpaired) electrons. The molecule has 0 saturated heterocycles. The lowest BCUT2D eigenvalue weighted by Crippen LogP contribution is -2.65. The van der Waals surface area contributed by atoms with Crippen LogP contribution in [0.1, 0.15) is 74.5 Å². The average Bonchev–Trinajstić information content (AvgIpc) is 3.00. The first-order valence-corrected chi connectivity index (χ1v) is 12.3. The topological polar surface area (TPSA) is 54.3 Å². The molecular formula is C28H33N3O2. The van der Waals surface area contributed by atoms with Gasteiger partial charge in [0.1, 0.15) is 11.2 Å². The Hall–Kier alpha value is -3.08. The number of nitrogens with one attached hydrogen (secondary N) is 1. The molecule has 1 aliphatic heterocycles. The minimum absolute atomic E-state index is 0.0473. The van der Waals surface area contributed by atoms with E-state index in [1.807, 2.05) is 84.0 Å². The van der Waals surface area contributed by atoms with Gasteiger partial charge in [-0.3, -0.25) is 9.59 Å². The molecule has 2 atom stereocenters. The number of amides is 2. The number of fused-ring (bicyclic) bond motifs is 3. The largest absolute Gasteiger partial charge is 0.351 e. The van der Waals surface area contributed by atoms with Crippen molar-refractivity contribution in [3.8, 4) is 0 Å². The number of carbonyl (C=O) groups excluding carboxylic acids is 2. The molecule has 0 bridgehead atoms. The standard InChI is InChI=1S/C28H33N3O2/c1-20(21-12-6-5-7-13-21)31-26(32)25-18-22-14-10-11-17-24(22)30(25)19-28(31,2)27(33)29-23-15-8-3-4-9-16-23/h5-7,10-14,17-18,20,23H,3-4,8-9,15-16,19H2,1-2H3,(H,29,33)/t20-,28-/m0/s1. The molecule has 1 N–H and O–H groups in total. The van der Waals surface area contributed by atoms with Gasteiger partial charge in [-0.25, -0.2) is 0 Å². The van der Waals surface area contributed by atoms with E-state index < -0.39 is 5.54 Å². The molecule has 2 aliphatic rings. The number of para-hydroxylation sites is 1. The van der Waals surface area contributed by atoms with Crippen LogP contribution in [0.15, 0.2) is 60.7 Å². The van der Waals surface area contributed by atoms with E-state index in [-0.39, 0.29) is 23.9 Å². The van der Waals surface area contributed by atoms with Gasteiger partial charge in [-0.2, -0.15) is 0 Å². The molecule has 1 saturated carbocycles. The van der Waals surface area contributed by atoms with E-state index in [1.54, 1.807) is 0 Å². The number of rotatable bonds is 4. The SMILES string of the molecule is C[C@@H](c1ccccc1)N1C(=O)c2cc3ccccc3n2C[C@@]1(C)C(=O)NC1CCCCCC1. The van der Waals surface area contributed by atoms with Gasteiger partial charge in [0, 0.05) is 16.9 Å². The average molecular weight is 444 g/mol. The van der Waals surface area contributed by atoms with Crippen LogP contribution >= 0.6 is 0 Å². The van der Waals surface area contributed by atoms with E-state index in [0.717, 1.165) is 42.1 Å². The van der Waals surface area contributed by atoms with Gasteiger partial charge in [-0.1, -0.05) is 74.2 Å². The maximum Gasteiger partial charge on any atom is 0.271 e. The summed E-state index contributed by atoms with van der Waals surface area (Å²) in [7, 11) is 0. The Morgan fingerprint density at radius 2 is 1.67 bits per heavy atom. The normalized spacial score (nSPS) is 22.6. The van der Waals surface area contributed by atoms with Gasteiger partial charge in [0.05, 0.1) is 12.6 Å². The molecule has 3 aromatic rings. The van der Waals surface area contributed by atoms with Crippen LogP contribution in [0.3, 0.4) is 0 Å². The van der Waals surface area contributed by atoms with Gasteiger partial charge in [-0.15, -0.1) is 0 Å². The molecule has 0 unspecified atom stereocenters. The molecule has 2 heterocycles. The Labute approximate surface area is 195 Å². The maximum absolute atomic E-state index is 14.0. The first kappa shape index (κ1) is 21.7. The lowest BCUT2D eigenvalue weighted by molar-refractivity contribution is -0.135. The molecule has 5 heteroatoms. The van der Waals surface area contributed by atoms with Crippen molar-refractivity contribution < 1.29 is 9.59 Å². The first-order valence-electron chi connectivity index (χ1n) is 12.3. The summed E-state index contributed by atoms with van der Waals surface area (Å²) in [6.07, 6.45) is 6.80. The monoisotopic (exact) mass is 443 g/mol. The van der Waals surface area contributed by atoms with Crippen molar-refractivity contribution in [3.63, 3.8) is 0 Å². The summed E-state index contributed by atoms with van der Waals surface area (Å²) in [5, 5.41) is 4.38. The molecular weight excluding hydrogens is 410 g/mol. The highest BCUT2D eigenvalue weighted by atomic mass is 16.2. The molecule has 1 fully saturated rings. The quantitative estimate of drug-likeness (QED) is 0.545. The second-order valence-corrected chi connectivity index (χ2v) is 9.87. The Morgan fingerprint density at radius 3 is 2.39 bits per heavy atom. The minimum atomic E-state index is -0.993. The van der Waals surface area contributed by atoms with Gasteiger partial charge in [-0.05, 0) is 44.4 Å². The Morgan fingerprint density at radius 1 is 1.00 bits per heavy atom. The van der Waals surface area contributed by atoms with Crippen molar-refractivity contribution in [2.45, 2.75) is 76.5 Å². The Balaban J connectivity index is 1.57. The maximum atomic E-state index is 14.0. The van der Waals surface area contributed by atoms with Gasteiger partial charge in [0.2, 0.25) is 5.91 Å². The third-order valence-electron chi connectivity index (χ3n) is 7.60. The second-order valence-electron chi connectivity index (χ2n) is 9.87. The second kappa shape index (κ2) is 8.69. The highest BCUT2D eigenvalue weighted by Crippen LogP contribution is 2.38. The molecule has 2 aromatic carbocycles. The van der Waals surface area contributed by atoms with Crippen molar-refractivity contribution in [1.29, 1.82) is 0 Å². The summed E-state index contributed by atoms with van der Waals surface area (Å²) in [5.41, 5.74) is 1.69. The summed E-state index contributed by atoms with van der Waals surface area (Å²) in [6, 6.07) is 20.0. The molecule has 2 amide bonds. The van der Waals surface area contributed by atoms with Crippen LogP contribution in [0.25, 0.3) is 10.9 Å². The lowest BCUT2D eigenvalue weighted by atomic mass is 9.90. The Kier molecular flexibility index (Phi) is 5.73. The van der Waals surface area contributed by atoms with Crippen LogP contribution in [0.4, 0.5) is 0 Å². The summed E-state index contributed by atoms with van der Waals surface area (Å²) in [5.74, 6) is -0.138. The summed E-state index contributed by atoms with van der Waals surface area (Å²) < 4.78 is 2.04. The lowest BCUT2D eigenvalue weighted by Gasteiger charge is -2.47. The number of carbonyl (C=O) groups is 2. The number of nitrogens with zero attached hydrogens (tertiary/aromatic N) is 2. The number of hydrogen-bond acceptors (Lipinski definition) is 2. The predicted octanol–water partition coefficient (Wildman–Crippen LogP) is 5.46. The zero-order chi connectivity index (χ0) is 23.0. The molecule has 0 spiro atoms. The fourth-order valence-electron chi connectivity index (χ4n) is 5.72. The van der Waals surface area contributed by atoms with Crippen LogP contribution in [0.5, 0.6) is 0 Å². The smallest absolute Gasteiger partial charge is 0.271 e. The number of benzene rings is 2. The van der Waals surface area contributed by atoms with Crippen LogP contribution in [-0.4, -0.2) is 32.9 Å². The van der Waals surface area contributed by atoms with E-state index in [9.17, 15) is 9.59 Å². The van der Waals surface area contributed by atoms with Crippen LogP contribution in [0.2, 0.25) is 0 Å². The van der Waals surface area contributed by atoms with Crippen molar-refractivity contribution in [1.82, 2.24) is 14.8 Å². The van der Waals surface area contributed by atoms with Crippen LogP contribution in [0, 0.1) is 0 Å². The number of aromatic nitrogens is 1. The van der Waals surface area contributed by atoms with Gasteiger partial charge >= 0.3 is 0 Å². The van der Waals surface area contributed by atoms with E-state index in [2.05, 4.69) is 5.32 Å². The molecule has 5 nitrogen and oxygen atoms in total. The van der Waals surface area contributed by atoms with Gasteiger partial charge in [0.25, 0.3) is 5.91 Å². The molecule has 33 heavy (non-hydrogen) atoms. The predicted molar refractivity (Wildman–Crippen MR) is 131 cm³/mol. The zero-order valence-corrected chi connectivity index (χ0v) is 19.6. The highest BCUT2D eigenvalue weighted by molar-refractivity contribution is 6.03. The van der Waals surface area contributed by atoms with E-state index in [0.29, 0.717) is 12.2 Å². The first-order chi connectivity index (χ1) is 16.0. The third-order valence-corrected chi connectivity index (χ3v) is 7.60. The van der Waals surface area contributed by atoms with Crippen LogP contribution in [-0.2, 0) is 11.3 Å². The van der Waals surface area contributed by atoms with Crippen molar-refractivity contribution in [3.05, 3.63) is 71.9 Å². The van der Waals surface area contributed by atoms with E-state index in [1.165, 1.54) is 12.8 Å².